The molecular formula is C33H32F2N6O7S2. The Hall–Kier alpha value is -4.66. The summed E-state index contributed by atoms with van der Waals surface area (Å²) in [6.07, 6.45) is -0.687. The monoisotopic (exact) mass is 726 g/mol. The number of aromatic nitrogens is 2. The van der Waals surface area contributed by atoms with Gasteiger partial charge < -0.3 is 24.4 Å². The minimum absolute atomic E-state index is 0.0441. The molecule has 2 atom stereocenters. The Kier molecular flexibility index (Phi) is 8.11. The van der Waals surface area contributed by atoms with Crippen LogP contribution < -0.4 is 10.2 Å². The molecule has 3 aliphatic heterocycles. The number of anilines is 2. The number of ether oxygens (including phenoxy) is 2. The van der Waals surface area contributed by atoms with Gasteiger partial charge in [-0.2, -0.15) is 5.26 Å². The van der Waals surface area contributed by atoms with Crippen LogP contribution in [-0.4, -0.2) is 77.1 Å². The molecule has 2 N–H and O–H groups in total. The molecule has 7 rings (SSSR count). The van der Waals surface area contributed by atoms with Gasteiger partial charge >= 0.3 is 12.2 Å². The van der Waals surface area contributed by atoms with Gasteiger partial charge in [-0.15, -0.1) is 11.3 Å². The van der Waals surface area contributed by atoms with Gasteiger partial charge in [0.1, 0.15) is 33.8 Å². The largest absolute Gasteiger partial charge is 0.465 e. The van der Waals surface area contributed by atoms with Crippen LogP contribution in [0.3, 0.4) is 0 Å². The highest BCUT2D eigenvalue weighted by Gasteiger charge is 2.44. The molecule has 2 aromatic heterocycles. The number of amides is 2. The molecule has 2 saturated heterocycles. The Morgan fingerprint density at radius 2 is 1.80 bits per heavy atom. The highest BCUT2D eigenvalue weighted by atomic mass is 32.2. The van der Waals surface area contributed by atoms with Gasteiger partial charge in [-0.1, -0.05) is 6.92 Å². The van der Waals surface area contributed by atoms with E-state index in [1.54, 1.807) is 20.8 Å². The van der Waals surface area contributed by atoms with Crippen molar-refractivity contribution in [3.63, 3.8) is 0 Å². The fraction of sp³-hybridized carbons (Fsp3) is 0.424. The number of nitrogens with zero attached hydrogens (tertiary/aromatic N) is 5. The number of hydrogen-bond acceptors (Lipinski definition) is 11. The summed E-state index contributed by atoms with van der Waals surface area (Å²) in [7, 11) is -4.09. The predicted molar refractivity (Wildman–Crippen MR) is 180 cm³/mol. The first-order valence-electron chi connectivity index (χ1n) is 15.9. The number of likely N-dealkylation sites (tertiary alicyclic amines) is 1. The molecule has 262 valence electrons. The maximum Gasteiger partial charge on any atom is 0.412 e. The summed E-state index contributed by atoms with van der Waals surface area (Å²) < 4.78 is 71.6. The van der Waals surface area contributed by atoms with Crippen LogP contribution in [0, 0.1) is 23.0 Å². The van der Waals surface area contributed by atoms with Gasteiger partial charge in [-0.25, -0.2) is 36.8 Å². The van der Waals surface area contributed by atoms with Crippen molar-refractivity contribution < 1.29 is 41.4 Å². The Morgan fingerprint density at radius 3 is 2.42 bits per heavy atom. The van der Waals surface area contributed by atoms with Crippen LogP contribution in [0.1, 0.15) is 57.2 Å². The van der Waals surface area contributed by atoms with Crippen LogP contribution in [0.2, 0.25) is 0 Å². The Bertz CT molecular complexity index is 2270. The zero-order chi connectivity index (χ0) is 35.9. The normalized spacial score (nSPS) is 18.8. The topological polar surface area (TPSA) is 175 Å². The number of piperazine rings is 1. The van der Waals surface area contributed by atoms with Crippen molar-refractivity contribution in [1.82, 2.24) is 14.9 Å². The second-order valence-corrected chi connectivity index (χ2v) is 16.6. The number of carboxylic acid groups (broad SMARTS) is 1. The number of halogens is 2. The first-order valence-corrected chi connectivity index (χ1v) is 18.4. The molecule has 13 nitrogen and oxygen atoms in total. The number of benzene rings is 2. The highest BCUT2D eigenvalue weighted by molar-refractivity contribution is 7.91. The van der Waals surface area contributed by atoms with Gasteiger partial charge in [0.15, 0.2) is 5.82 Å². The summed E-state index contributed by atoms with van der Waals surface area (Å²) >= 11 is 0.991. The number of sulfone groups is 1. The van der Waals surface area contributed by atoms with E-state index in [4.69, 9.17) is 9.47 Å². The Balaban J connectivity index is 1.50. The molecule has 2 unspecified atom stereocenters. The van der Waals surface area contributed by atoms with Crippen LogP contribution in [-0.2, 0) is 32.5 Å². The molecule has 2 fully saturated rings. The van der Waals surface area contributed by atoms with Gasteiger partial charge in [0.2, 0.25) is 15.0 Å². The second-order valence-electron chi connectivity index (χ2n) is 13.4. The lowest BCUT2D eigenvalue weighted by Crippen LogP contribution is -2.55. The van der Waals surface area contributed by atoms with Crippen molar-refractivity contribution in [2.24, 2.45) is 0 Å². The van der Waals surface area contributed by atoms with Crippen LogP contribution in [0.25, 0.3) is 32.1 Å². The number of thiophene rings is 1. The number of hydrogen-bond donors (Lipinski definition) is 2. The number of carbonyl (C=O) groups is 2. The van der Waals surface area contributed by atoms with Crippen molar-refractivity contribution in [3.05, 3.63) is 40.5 Å². The van der Waals surface area contributed by atoms with Crippen molar-refractivity contribution in [2.45, 2.75) is 76.6 Å². The number of carbonyl (C=O) groups excluding carboxylic acids is 1. The van der Waals surface area contributed by atoms with Gasteiger partial charge in [0, 0.05) is 46.4 Å². The number of nitrogens with one attached hydrogen (secondary N) is 1. The third-order valence-corrected chi connectivity index (χ3v) is 11.8. The lowest BCUT2D eigenvalue weighted by Gasteiger charge is -2.41. The molecule has 4 aromatic rings. The van der Waals surface area contributed by atoms with Gasteiger partial charge in [-0.3, -0.25) is 5.32 Å². The van der Waals surface area contributed by atoms with Gasteiger partial charge in [-0.05, 0) is 56.9 Å². The summed E-state index contributed by atoms with van der Waals surface area (Å²) in [5.74, 6) is -2.11. The van der Waals surface area contributed by atoms with E-state index in [0.29, 0.717) is 23.1 Å². The van der Waals surface area contributed by atoms with E-state index < -0.39 is 44.4 Å². The highest BCUT2D eigenvalue weighted by Crippen LogP contribution is 2.49. The molecule has 3 aliphatic rings. The summed E-state index contributed by atoms with van der Waals surface area (Å²) in [5, 5.41) is 22.3. The molecule has 0 spiro atoms. The predicted octanol–water partition coefficient (Wildman–Crippen LogP) is 6.16. The first kappa shape index (κ1) is 33.8. The minimum atomic E-state index is -4.09. The molecule has 0 radical (unpaired) electrons. The van der Waals surface area contributed by atoms with E-state index >= 15 is 8.78 Å². The van der Waals surface area contributed by atoms with Crippen molar-refractivity contribution in [2.75, 3.05) is 29.1 Å². The van der Waals surface area contributed by atoms with Crippen molar-refractivity contribution >= 4 is 65.2 Å². The minimum Gasteiger partial charge on any atom is -0.465 e. The van der Waals surface area contributed by atoms with Crippen LogP contribution in [0.15, 0.2) is 17.3 Å². The average Bonchev–Trinajstić information content (AvgIpc) is 3.73. The lowest BCUT2D eigenvalue weighted by atomic mass is 9.90. The first-order chi connectivity index (χ1) is 23.6. The maximum absolute atomic E-state index is 17.4. The summed E-state index contributed by atoms with van der Waals surface area (Å²) in [6, 6.07) is 3.88. The Labute approximate surface area is 289 Å². The molecule has 17 heteroatoms. The van der Waals surface area contributed by atoms with Crippen LogP contribution in [0.5, 0.6) is 0 Å². The molecule has 0 saturated carbocycles. The van der Waals surface area contributed by atoms with E-state index in [0.717, 1.165) is 17.4 Å². The van der Waals surface area contributed by atoms with Gasteiger partial charge in [0.25, 0.3) is 0 Å². The van der Waals surface area contributed by atoms with Crippen molar-refractivity contribution in [1.29, 1.82) is 5.26 Å². The van der Waals surface area contributed by atoms with E-state index in [2.05, 4.69) is 15.3 Å². The standard InChI is InChI=1S/C33H32F2N6O7S2/c1-5-50(45,46)30-37-27-24(28(38-30)41-15-6-7-16(41)12-40(11-15)32(43)44)19-14-47-13-18(19)23(26(27)35)25-20(34)8-9-21-22(25)17(10-36)29(49-21)39-31(42)48-33(2,3)4/h8-9,15-16H,5-7,11-14H2,1-4H3,(H,39,42)(H,43,44). The van der Waals surface area contributed by atoms with Gasteiger partial charge in [0.05, 0.1) is 29.9 Å². The number of nitriles is 1. The summed E-state index contributed by atoms with van der Waals surface area (Å²) in [6.45, 7) is 6.56. The third kappa shape index (κ3) is 5.46. The zero-order valence-corrected chi connectivity index (χ0v) is 29.1. The van der Waals surface area contributed by atoms with E-state index in [1.165, 1.54) is 17.9 Å². The summed E-state index contributed by atoms with van der Waals surface area (Å²) in [4.78, 5) is 36.5. The SMILES string of the molecule is CCS(=O)(=O)c1nc(N2C3CCC2CN(C(=O)O)C3)c2c3c(c(-c4c(F)ccc5sc(NC(=O)OC(C)(C)C)c(C#N)c45)c(F)c2n1)COC3. The number of rotatable bonds is 5. The Morgan fingerprint density at radius 1 is 1.12 bits per heavy atom. The molecule has 2 aromatic carbocycles. The molecular weight excluding hydrogens is 695 g/mol. The smallest absolute Gasteiger partial charge is 0.412 e. The van der Waals surface area contributed by atoms with E-state index in [1.807, 2.05) is 11.0 Å². The maximum atomic E-state index is 17.4. The second kappa shape index (κ2) is 12.0. The van der Waals surface area contributed by atoms with Crippen LogP contribution >= 0.6 is 11.3 Å². The average molecular weight is 727 g/mol. The fourth-order valence-corrected chi connectivity index (χ4v) is 8.87. The third-order valence-electron chi connectivity index (χ3n) is 9.19. The lowest BCUT2D eigenvalue weighted by molar-refractivity contribution is 0.0636. The number of fused-ring (bicyclic) bond motifs is 6. The van der Waals surface area contributed by atoms with Crippen LogP contribution in [0.4, 0.5) is 29.2 Å². The summed E-state index contributed by atoms with van der Waals surface area (Å²) in [5.41, 5.74) is -1.09. The molecule has 2 amide bonds. The van der Waals surface area contributed by atoms with E-state index in [9.17, 15) is 28.4 Å². The zero-order valence-electron chi connectivity index (χ0n) is 27.5. The molecule has 0 aliphatic carbocycles. The molecule has 2 bridgehead atoms. The fourth-order valence-electron chi connectivity index (χ4n) is 7.11. The quantitative estimate of drug-likeness (QED) is 0.225. The molecule has 50 heavy (non-hydrogen) atoms. The molecule has 5 heterocycles. The van der Waals surface area contributed by atoms with E-state index in [-0.39, 0.29) is 93.5 Å². The van der Waals surface area contributed by atoms with Crippen molar-refractivity contribution in [3.8, 4) is 17.2 Å².